The Morgan fingerprint density at radius 1 is 1.20 bits per heavy atom. The van der Waals surface area contributed by atoms with Crippen LogP contribution in [0.15, 0.2) is 24.3 Å². The number of methoxy groups -OCH3 is 1. The van der Waals surface area contributed by atoms with Crippen LogP contribution in [0.4, 0.5) is 0 Å². The summed E-state index contributed by atoms with van der Waals surface area (Å²) in [7, 11) is 1.71. The van der Waals surface area contributed by atoms with Crippen molar-refractivity contribution in [2.24, 2.45) is 5.73 Å². The van der Waals surface area contributed by atoms with Gasteiger partial charge >= 0.3 is 0 Å². The molecule has 0 unspecified atom stereocenters. The van der Waals surface area contributed by atoms with Crippen molar-refractivity contribution >= 4 is 0 Å². The average molecular weight is 208 g/mol. The number of hydrogen-bond donors (Lipinski definition) is 2. The van der Waals surface area contributed by atoms with Gasteiger partial charge in [-0.15, -0.1) is 0 Å². The predicted molar refractivity (Wildman–Crippen MR) is 62.5 cm³/mol. The summed E-state index contributed by atoms with van der Waals surface area (Å²) in [6.07, 6.45) is 1.03. The summed E-state index contributed by atoms with van der Waals surface area (Å²) in [5.74, 6) is 0. The van der Waals surface area contributed by atoms with Gasteiger partial charge in [-0.3, -0.25) is 0 Å². The lowest BCUT2D eigenvalue weighted by atomic mass is 10.1. The van der Waals surface area contributed by atoms with E-state index in [1.807, 2.05) is 0 Å². The first-order chi connectivity index (χ1) is 7.36. The second kappa shape index (κ2) is 7.40. The minimum atomic E-state index is 0.681. The summed E-state index contributed by atoms with van der Waals surface area (Å²) in [5, 5.41) is 3.34. The lowest BCUT2D eigenvalue weighted by molar-refractivity contribution is 0.185. The SMILES string of the molecule is COCc1ccc(CNCCCN)cc1. The molecule has 1 aromatic carbocycles. The molecule has 0 aliphatic carbocycles. The molecule has 0 aromatic heterocycles. The number of hydrogen-bond acceptors (Lipinski definition) is 3. The summed E-state index contributed by atoms with van der Waals surface area (Å²) >= 11 is 0. The van der Waals surface area contributed by atoms with Gasteiger partial charge in [-0.05, 0) is 30.6 Å². The monoisotopic (exact) mass is 208 g/mol. The van der Waals surface area contributed by atoms with Crippen LogP contribution in [0.1, 0.15) is 17.5 Å². The molecule has 0 fully saturated rings. The van der Waals surface area contributed by atoms with Gasteiger partial charge in [0.1, 0.15) is 0 Å². The van der Waals surface area contributed by atoms with E-state index in [-0.39, 0.29) is 0 Å². The van der Waals surface area contributed by atoms with Crippen LogP contribution < -0.4 is 11.1 Å². The third-order valence-electron chi connectivity index (χ3n) is 2.22. The summed E-state index contributed by atoms with van der Waals surface area (Å²) < 4.78 is 5.05. The smallest absolute Gasteiger partial charge is 0.0713 e. The van der Waals surface area contributed by atoms with Gasteiger partial charge in [0.15, 0.2) is 0 Å². The zero-order valence-electron chi connectivity index (χ0n) is 9.33. The van der Waals surface area contributed by atoms with Crippen molar-refractivity contribution in [2.75, 3.05) is 20.2 Å². The van der Waals surface area contributed by atoms with E-state index in [0.717, 1.165) is 26.1 Å². The van der Waals surface area contributed by atoms with E-state index in [4.69, 9.17) is 10.5 Å². The van der Waals surface area contributed by atoms with Crippen molar-refractivity contribution in [3.05, 3.63) is 35.4 Å². The maximum atomic E-state index is 5.41. The normalized spacial score (nSPS) is 10.5. The Morgan fingerprint density at radius 2 is 1.87 bits per heavy atom. The van der Waals surface area contributed by atoms with Gasteiger partial charge in [0.05, 0.1) is 6.61 Å². The van der Waals surface area contributed by atoms with Crippen LogP contribution in [0.5, 0.6) is 0 Å². The Balaban J connectivity index is 2.29. The van der Waals surface area contributed by atoms with Gasteiger partial charge in [-0.25, -0.2) is 0 Å². The van der Waals surface area contributed by atoms with Crippen molar-refractivity contribution in [2.45, 2.75) is 19.6 Å². The first-order valence-corrected chi connectivity index (χ1v) is 5.34. The predicted octanol–water partition coefficient (Wildman–Crippen LogP) is 1.27. The first-order valence-electron chi connectivity index (χ1n) is 5.34. The number of nitrogens with one attached hydrogen (secondary N) is 1. The molecule has 15 heavy (non-hydrogen) atoms. The van der Waals surface area contributed by atoms with Crippen molar-refractivity contribution in [3.8, 4) is 0 Å². The van der Waals surface area contributed by atoms with Crippen molar-refractivity contribution in [1.29, 1.82) is 0 Å². The highest BCUT2D eigenvalue weighted by Crippen LogP contribution is 2.05. The molecule has 0 amide bonds. The second-order valence-corrected chi connectivity index (χ2v) is 3.57. The molecular formula is C12H20N2O. The Bertz CT molecular complexity index is 259. The van der Waals surface area contributed by atoms with Gasteiger partial charge in [0.25, 0.3) is 0 Å². The summed E-state index contributed by atoms with van der Waals surface area (Å²) in [4.78, 5) is 0. The molecule has 3 heteroatoms. The number of ether oxygens (including phenoxy) is 1. The van der Waals surface area contributed by atoms with Crippen LogP contribution in [0.25, 0.3) is 0 Å². The van der Waals surface area contributed by atoms with E-state index >= 15 is 0 Å². The van der Waals surface area contributed by atoms with Crippen LogP contribution in [-0.4, -0.2) is 20.2 Å². The fourth-order valence-corrected chi connectivity index (χ4v) is 1.38. The molecule has 1 rings (SSSR count). The van der Waals surface area contributed by atoms with E-state index in [9.17, 15) is 0 Å². The summed E-state index contributed by atoms with van der Waals surface area (Å²) in [5.41, 5.74) is 7.92. The van der Waals surface area contributed by atoms with Crippen LogP contribution >= 0.6 is 0 Å². The highest BCUT2D eigenvalue weighted by Gasteiger charge is 1.94. The standard InChI is InChI=1S/C12H20N2O/c1-15-10-12-5-3-11(4-6-12)9-14-8-2-7-13/h3-6,14H,2,7-10,13H2,1H3. The molecule has 0 aliphatic heterocycles. The van der Waals surface area contributed by atoms with Crippen LogP contribution in [0.2, 0.25) is 0 Å². The summed E-state index contributed by atoms with van der Waals surface area (Å²) in [6, 6.07) is 8.46. The molecule has 0 saturated carbocycles. The lowest BCUT2D eigenvalue weighted by Crippen LogP contribution is -2.17. The highest BCUT2D eigenvalue weighted by atomic mass is 16.5. The molecule has 0 aliphatic rings. The molecule has 0 bridgehead atoms. The summed E-state index contributed by atoms with van der Waals surface area (Å²) in [6.45, 7) is 3.32. The van der Waals surface area contributed by atoms with E-state index in [2.05, 4.69) is 29.6 Å². The van der Waals surface area contributed by atoms with E-state index in [1.54, 1.807) is 7.11 Å². The molecule has 0 spiro atoms. The fourth-order valence-electron chi connectivity index (χ4n) is 1.38. The minimum Gasteiger partial charge on any atom is -0.380 e. The fraction of sp³-hybridized carbons (Fsp3) is 0.500. The van der Waals surface area contributed by atoms with Crippen molar-refractivity contribution in [3.63, 3.8) is 0 Å². The van der Waals surface area contributed by atoms with Gasteiger partial charge in [0.2, 0.25) is 0 Å². The van der Waals surface area contributed by atoms with Crippen LogP contribution in [0.3, 0.4) is 0 Å². The average Bonchev–Trinajstić information content (AvgIpc) is 2.27. The Labute approximate surface area is 91.6 Å². The van der Waals surface area contributed by atoms with Gasteiger partial charge in [-0.2, -0.15) is 0 Å². The van der Waals surface area contributed by atoms with E-state index in [1.165, 1.54) is 11.1 Å². The Hall–Kier alpha value is -0.900. The zero-order chi connectivity index (χ0) is 10.9. The topological polar surface area (TPSA) is 47.3 Å². The molecule has 1 aromatic rings. The quantitative estimate of drug-likeness (QED) is 0.663. The molecule has 0 heterocycles. The maximum Gasteiger partial charge on any atom is 0.0713 e. The molecule has 0 atom stereocenters. The largest absolute Gasteiger partial charge is 0.380 e. The van der Waals surface area contributed by atoms with Crippen LogP contribution in [-0.2, 0) is 17.9 Å². The molecule has 0 saturated heterocycles. The third-order valence-corrected chi connectivity index (χ3v) is 2.22. The van der Waals surface area contributed by atoms with E-state index in [0.29, 0.717) is 6.61 Å². The molecule has 0 radical (unpaired) electrons. The molecule has 3 N–H and O–H groups in total. The van der Waals surface area contributed by atoms with Gasteiger partial charge in [0, 0.05) is 13.7 Å². The third kappa shape index (κ3) is 4.93. The number of rotatable bonds is 7. The second-order valence-electron chi connectivity index (χ2n) is 3.57. The van der Waals surface area contributed by atoms with Crippen LogP contribution in [0, 0.1) is 0 Å². The Morgan fingerprint density at radius 3 is 2.47 bits per heavy atom. The van der Waals surface area contributed by atoms with E-state index < -0.39 is 0 Å². The molecular weight excluding hydrogens is 188 g/mol. The first kappa shape index (κ1) is 12.2. The maximum absolute atomic E-state index is 5.41. The number of benzene rings is 1. The lowest BCUT2D eigenvalue weighted by Gasteiger charge is -2.05. The van der Waals surface area contributed by atoms with Gasteiger partial charge in [-0.1, -0.05) is 24.3 Å². The highest BCUT2D eigenvalue weighted by molar-refractivity contribution is 5.21. The van der Waals surface area contributed by atoms with Crippen molar-refractivity contribution in [1.82, 2.24) is 5.32 Å². The molecule has 84 valence electrons. The zero-order valence-corrected chi connectivity index (χ0v) is 9.33. The molecule has 3 nitrogen and oxygen atoms in total. The Kier molecular flexibility index (Phi) is 6.00. The van der Waals surface area contributed by atoms with Gasteiger partial charge < -0.3 is 15.8 Å². The van der Waals surface area contributed by atoms with Crippen molar-refractivity contribution < 1.29 is 4.74 Å². The minimum absolute atomic E-state index is 0.681. The number of nitrogens with two attached hydrogens (primary N) is 1.